The third-order valence-electron chi connectivity index (χ3n) is 3.69. The molecule has 130 valence electrons. The molecule has 1 heterocycles. The van der Waals surface area contributed by atoms with Crippen LogP contribution in [0.5, 0.6) is 0 Å². The molecular weight excluding hydrogens is 385 g/mol. The third-order valence-corrected chi connectivity index (χ3v) is 4.83. The van der Waals surface area contributed by atoms with E-state index in [1.54, 1.807) is 24.3 Å². The number of nitrogens with one attached hydrogen (secondary N) is 1. The number of para-hydroxylation sites is 1. The van der Waals surface area contributed by atoms with Gasteiger partial charge >= 0.3 is 0 Å². The number of benzene rings is 2. The highest BCUT2D eigenvalue weighted by molar-refractivity contribution is 6.45. The van der Waals surface area contributed by atoms with E-state index < -0.39 is 6.10 Å². The van der Waals surface area contributed by atoms with Gasteiger partial charge in [-0.15, -0.1) is 0 Å². The summed E-state index contributed by atoms with van der Waals surface area (Å²) in [6, 6.07) is 10.4. The van der Waals surface area contributed by atoms with Crippen molar-refractivity contribution in [3.63, 3.8) is 0 Å². The molecule has 0 saturated carbocycles. The van der Waals surface area contributed by atoms with Gasteiger partial charge in [-0.3, -0.25) is 9.36 Å². The SMILES string of the molecule is O=c1c2c(Cl)c(Cl)ccc2ncn1C[C@@H](O)CNc1ccccc1Cl. The first kappa shape index (κ1) is 18.0. The van der Waals surface area contributed by atoms with Crippen LogP contribution in [-0.4, -0.2) is 27.3 Å². The normalized spacial score (nSPS) is 12.3. The summed E-state index contributed by atoms with van der Waals surface area (Å²) in [6.07, 6.45) is 0.555. The minimum Gasteiger partial charge on any atom is -0.389 e. The Kier molecular flexibility index (Phi) is 5.49. The van der Waals surface area contributed by atoms with Gasteiger partial charge in [0, 0.05) is 6.54 Å². The van der Waals surface area contributed by atoms with Crippen LogP contribution in [0.4, 0.5) is 5.69 Å². The zero-order valence-corrected chi connectivity index (χ0v) is 15.2. The maximum Gasteiger partial charge on any atom is 0.262 e. The van der Waals surface area contributed by atoms with Crippen LogP contribution in [0.25, 0.3) is 10.9 Å². The Morgan fingerprint density at radius 2 is 1.88 bits per heavy atom. The molecule has 0 unspecified atom stereocenters. The van der Waals surface area contributed by atoms with Gasteiger partial charge in [0.2, 0.25) is 0 Å². The number of hydrogen-bond donors (Lipinski definition) is 2. The van der Waals surface area contributed by atoms with Gasteiger partial charge in [0.1, 0.15) is 0 Å². The molecule has 0 aliphatic heterocycles. The fraction of sp³-hybridized carbons (Fsp3) is 0.176. The van der Waals surface area contributed by atoms with Crippen LogP contribution in [0.1, 0.15) is 0 Å². The number of anilines is 1. The van der Waals surface area contributed by atoms with Crippen LogP contribution in [0.15, 0.2) is 47.5 Å². The molecule has 1 atom stereocenters. The van der Waals surface area contributed by atoms with Crippen molar-refractivity contribution >= 4 is 51.4 Å². The second kappa shape index (κ2) is 7.62. The van der Waals surface area contributed by atoms with E-state index in [1.165, 1.54) is 10.9 Å². The Labute approximate surface area is 158 Å². The number of fused-ring (bicyclic) bond motifs is 1. The van der Waals surface area contributed by atoms with Crippen LogP contribution in [0.3, 0.4) is 0 Å². The summed E-state index contributed by atoms with van der Waals surface area (Å²) in [7, 11) is 0. The van der Waals surface area contributed by atoms with E-state index in [-0.39, 0.29) is 34.1 Å². The molecule has 8 heteroatoms. The van der Waals surface area contributed by atoms with Crippen molar-refractivity contribution in [1.82, 2.24) is 9.55 Å². The van der Waals surface area contributed by atoms with Crippen molar-refractivity contribution in [2.45, 2.75) is 12.6 Å². The molecule has 0 bridgehead atoms. The van der Waals surface area contributed by atoms with Crippen molar-refractivity contribution in [3.8, 4) is 0 Å². The summed E-state index contributed by atoms with van der Waals surface area (Å²) in [5, 5.41) is 14.5. The fourth-order valence-corrected chi connectivity index (χ4v) is 3.03. The van der Waals surface area contributed by atoms with Crippen molar-refractivity contribution in [2.24, 2.45) is 0 Å². The number of rotatable bonds is 5. The quantitative estimate of drug-likeness (QED) is 0.685. The molecule has 2 N–H and O–H groups in total. The first-order valence-corrected chi connectivity index (χ1v) is 8.60. The lowest BCUT2D eigenvalue weighted by molar-refractivity contribution is 0.165. The average molecular weight is 399 g/mol. The van der Waals surface area contributed by atoms with Crippen LogP contribution in [0.2, 0.25) is 15.1 Å². The van der Waals surface area contributed by atoms with E-state index in [0.29, 0.717) is 16.2 Å². The van der Waals surface area contributed by atoms with E-state index in [4.69, 9.17) is 34.8 Å². The summed E-state index contributed by atoms with van der Waals surface area (Å²) < 4.78 is 1.31. The first-order chi connectivity index (χ1) is 12.0. The largest absolute Gasteiger partial charge is 0.389 e. The van der Waals surface area contributed by atoms with Gasteiger partial charge < -0.3 is 10.4 Å². The minimum absolute atomic E-state index is 0.0576. The van der Waals surface area contributed by atoms with E-state index in [0.717, 1.165) is 0 Å². The second-order valence-corrected chi connectivity index (χ2v) is 6.66. The molecule has 25 heavy (non-hydrogen) atoms. The molecule has 2 aromatic carbocycles. The van der Waals surface area contributed by atoms with Crippen LogP contribution in [-0.2, 0) is 6.54 Å². The highest BCUT2D eigenvalue weighted by atomic mass is 35.5. The van der Waals surface area contributed by atoms with Gasteiger partial charge in [0.25, 0.3) is 5.56 Å². The van der Waals surface area contributed by atoms with Gasteiger partial charge in [-0.1, -0.05) is 46.9 Å². The van der Waals surface area contributed by atoms with E-state index in [2.05, 4.69) is 10.3 Å². The predicted octanol–water partition coefficient (Wildman–Crippen LogP) is 3.83. The van der Waals surface area contributed by atoms with E-state index >= 15 is 0 Å². The van der Waals surface area contributed by atoms with Crippen LogP contribution in [0, 0.1) is 0 Å². The van der Waals surface area contributed by atoms with Gasteiger partial charge in [0.15, 0.2) is 0 Å². The predicted molar refractivity (Wildman–Crippen MR) is 102 cm³/mol. The minimum atomic E-state index is -0.828. The summed E-state index contributed by atoms with van der Waals surface area (Å²) in [6.45, 7) is 0.277. The Morgan fingerprint density at radius 3 is 2.64 bits per heavy atom. The van der Waals surface area contributed by atoms with Gasteiger partial charge in [-0.2, -0.15) is 0 Å². The average Bonchev–Trinajstić information content (AvgIpc) is 2.59. The Bertz CT molecular complexity index is 975. The van der Waals surface area contributed by atoms with Crippen LogP contribution < -0.4 is 10.9 Å². The van der Waals surface area contributed by atoms with Crippen molar-refractivity contribution in [2.75, 3.05) is 11.9 Å². The van der Waals surface area contributed by atoms with Gasteiger partial charge in [-0.25, -0.2) is 4.98 Å². The standard InChI is InChI=1S/C17H14Cl3N3O2/c18-11-3-1-2-4-13(11)21-7-10(24)8-23-9-22-14-6-5-12(19)16(20)15(14)17(23)25/h1-6,9-10,21,24H,7-8H2/t10-/m0/s1. The van der Waals surface area contributed by atoms with Crippen molar-refractivity contribution in [1.29, 1.82) is 0 Å². The molecule has 3 rings (SSSR count). The molecule has 3 aromatic rings. The zero-order valence-electron chi connectivity index (χ0n) is 12.9. The molecule has 5 nitrogen and oxygen atoms in total. The van der Waals surface area contributed by atoms with E-state index in [9.17, 15) is 9.90 Å². The first-order valence-electron chi connectivity index (χ1n) is 7.47. The molecule has 0 fully saturated rings. The highest BCUT2D eigenvalue weighted by Gasteiger charge is 2.13. The van der Waals surface area contributed by atoms with E-state index in [1.807, 2.05) is 12.1 Å². The lowest BCUT2D eigenvalue weighted by atomic mass is 10.2. The number of aliphatic hydroxyl groups is 1. The maximum atomic E-state index is 12.6. The number of hydrogen-bond acceptors (Lipinski definition) is 4. The van der Waals surface area contributed by atoms with Crippen LogP contribution >= 0.6 is 34.8 Å². The molecular formula is C17H14Cl3N3O2. The van der Waals surface area contributed by atoms with Crippen molar-refractivity contribution in [3.05, 3.63) is 68.1 Å². The maximum absolute atomic E-state index is 12.6. The molecule has 0 aliphatic rings. The lowest BCUT2D eigenvalue weighted by Crippen LogP contribution is -2.31. The summed E-state index contributed by atoms with van der Waals surface area (Å²) >= 11 is 18.1. The molecule has 0 amide bonds. The lowest BCUT2D eigenvalue weighted by Gasteiger charge is -2.15. The Morgan fingerprint density at radius 1 is 1.12 bits per heavy atom. The smallest absolute Gasteiger partial charge is 0.262 e. The van der Waals surface area contributed by atoms with Crippen molar-refractivity contribution < 1.29 is 5.11 Å². The number of nitrogens with zero attached hydrogens (tertiary/aromatic N) is 2. The molecule has 0 aliphatic carbocycles. The fourth-order valence-electron chi connectivity index (χ4n) is 2.43. The van der Waals surface area contributed by atoms with Gasteiger partial charge in [0.05, 0.1) is 50.6 Å². The van der Waals surface area contributed by atoms with Gasteiger partial charge in [-0.05, 0) is 24.3 Å². The Balaban J connectivity index is 1.78. The third kappa shape index (κ3) is 3.90. The molecule has 0 radical (unpaired) electrons. The topological polar surface area (TPSA) is 67.2 Å². The molecule has 0 saturated heterocycles. The molecule has 1 aromatic heterocycles. The summed E-state index contributed by atoms with van der Waals surface area (Å²) in [5.74, 6) is 0. The number of aromatic nitrogens is 2. The zero-order chi connectivity index (χ0) is 18.0. The second-order valence-electron chi connectivity index (χ2n) is 5.47. The molecule has 0 spiro atoms. The number of halogens is 3. The Hall–Kier alpha value is -1.79. The summed E-state index contributed by atoms with van der Waals surface area (Å²) in [5.41, 5.74) is 0.815. The summed E-state index contributed by atoms with van der Waals surface area (Å²) in [4.78, 5) is 16.8. The monoisotopic (exact) mass is 397 g/mol. The number of aliphatic hydroxyl groups excluding tert-OH is 1. The highest BCUT2D eigenvalue weighted by Crippen LogP contribution is 2.27.